The summed E-state index contributed by atoms with van der Waals surface area (Å²) in [4.78, 5) is 28.7. The fourth-order valence-corrected chi connectivity index (χ4v) is 4.56. The first-order valence-corrected chi connectivity index (χ1v) is 11.2. The third-order valence-corrected chi connectivity index (χ3v) is 6.28. The van der Waals surface area contributed by atoms with E-state index in [1.807, 2.05) is 25.1 Å². The van der Waals surface area contributed by atoms with Gasteiger partial charge in [-0.25, -0.2) is 9.37 Å². The van der Waals surface area contributed by atoms with Gasteiger partial charge in [-0.3, -0.25) is 9.78 Å². The molecule has 1 fully saturated rings. The lowest BCUT2D eigenvalue weighted by atomic mass is 9.99. The first-order chi connectivity index (χ1) is 16.2. The van der Waals surface area contributed by atoms with Crippen LogP contribution in [0.3, 0.4) is 0 Å². The molecule has 3 heterocycles. The number of nitrogens with zero attached hydrogens (tertiary/aromatic N) is 4. The highest BCUT2D eigenvalue weighted by atomic mass is 19.1. The van der Waals surface area contributed by atoms with Gasteiger partial charge in [0.2, 0.25) is 0 Å². The molecule has 3 N–H and O–H groups in total. The molecule has 1 amide bonds. The van der Waals surface area contributed by atoms with Crippen LogP contribution in [-0.4, -0.2) is 58.5 Å². The number of aromatic amines is 1. The van der Waals surface area contributed by atoms with E-state index < -0.39 is 0 Å². The fraction of sp³-hybridized carbons (Fsp3) is 0.269. The summed E-state index contributed by atoms with van der Waals surface area (Å²) in [5.74, 6) is 0.0860. The van der Waals surface area contributed by atoms with Crippen LogP contribution >= 0.6 is 0 Å². The lowest BCUT2D eigenvalue weighted by Gasteiger charge is -2.26. The van der Waals surface area contributed by atoms with E-state index >= 15 is 0 Å². The van der Waals surface area contributed by atoms with Crippen LogP contribution in [0, 0.1) is 5.82 Å². The molecule has 0 radical (unpaired) electrons. The van der Waals surface area contributed by atoms with Crippen LogP contribution in [0.5, 0.6) is 0 Å². The number of carbonyl (C=O) groups excluding carboxylic acids is 1. The standard InChI is InChI=1S/C26H27FN6O/c1-26(28)10-11-33(15-26)23-18(16-6-4-7-17(12-16)25(34)32(2)3)13-29-14-19(23)24-30-21-9-5-8-20(27)22(21)31-24/h4-9,12-14H,10-11,15,28H2,1-3H3,(H,30,31). The van der Waals surface area contributed by atoms with Crippen molar-refractivity contribution in [3.63, 3.8) is 0 Å². The molecule has 1 atom stereocenters. The zero-order valence-corrected chi connectivity index (χ0v) is 19.5. The Morgan fingerprint density at radius 2 is 1.94 bits per heavy atom. The van der Waals surface area contributed by atoms with Gasteiger partial charge in [-0.05, 0) is 43.2 Å². The van der Waals surface area contributed by atoms with Gasteiger partial charge in [0.15, 0.2) is 5.82 Å². The van der Waals surface area contributed by atoms with Gasteiger partial charge in [-0.15, -0.1) is 0 Å². The molecule has 7 nitrogen and oxygen atoms in total. The highest BCUT2D eigenvalue weighted by Gasteiger charge is 2.33. The molecule has 1 aliphatic heterocycles. The van der Waals surface area contributed by atoms with Gasteiger partial charge < -0.3 is 20.5 Å². The summed E-state index contributed by atoms with van der Waals surface area (Å²) in [7, 11) is 3.46. The van der Waals surface area contributed by atoms with Crippen molar-refractivity contribution in [1.29, 1.82) is 0 Å². The molecule has 1 unspecified atom stereocenters. The second-order valence-electron chi connectivity index (χ2n) is 9.41. The van der Waals surface area contributed by atoms with E-state index in [1.54, 1.807) is 49.6 Å². The Hall–Kier alpha value is -3.78. The lowest BCUT2D eigenvalue weighted by molar-refractivity contribution is 0.0827. The minimum Gasteiger partial charge on any atom is -0.368 e. The van der Waals surface area contributed by atoms with Gasteiger partial charge in [0.1, 0.15) is 11.3 Å². The maximum absolute atomic E-state index is 14.4. The number of pyridine rings is 1. The molecule has 2 aromatic carbocycles. The molecular weight excluding hydrogens is 431 g/mol. The third-order valence-electron chi connectivity index (χ3n) is 6.28. The smallest absolute Gasteiger partial charge is 0.253 e. The quantitative estimate of drug-likeness (QED) is 0.481. The average molecular weight is 459 g/mol. The predicted molar refractivity (Wildman–Crippen MR) is 132 cm³/mol. The summed E-state index contributed by atoms with van der Waals surface area (Å²) in [6, 6.07) is 12.4. The first-order valence-electron chi connectivity index (χ1n) is 11.2. The molecule has 8 heteroatoms. The molecule has 1 saturated heterocycles. The molecule has 0 spiro atoms. The van der Waals surface area contributed by atoms with Crippen molar-refractivity contribution >= 4 is 22.6 Å². The van der Waals surface area contributed by atoms with Gasteiger partial charge in [0.05, 0.1) is 16.8 Å². The molecule has 1 aliphatic rings. The van der Waals surface area contributed by atoms with Crippen molar-refractivity contribution in [3.05, 3.63) is 66.2 Å². The summed E-state index contributed by atoms with van der Waals surface area (Å²) in [6.45, 7) is 3.46. The van der Waals surface area contributed by atoms with Crippen LogP contribution in [0.25, 0.3) is 33.5 Å². The number of fused-ring (bicyclic) bond motifs is 1. The van der Waals surface area contributed by atoms with Crippen molar-refractivity contribution in [2.45, 2.75) is 18.9 Å². The Bertz CT molecular complexity index is 1390. The van der Waals surface area contributed by atoms with Crippen LogP contribution in [0.4, 0.5) is 10.1 Å². The van der Waals surface area contributed by atoms with Gasteiger partial charge in [-0.1, -0.05) is 18.2 Å². The monoisotopic (exact) mass is 458 g/mol. The van der Waals surface area contributed by atoms with Crippen molar-refractivity contribution in [2.24, 2.45) is 5.73 Å². The normalized spacial score (nSPS) is 18.0. The van der Waals surface area contributed by atoms with Gasteiger partial charge in [0, 0.05) is 56.2 Å². The number of para-hydroxylation sites is 1. The molecular formula is C26H27FN6O. The van der Waals surface area contributed by atoms with Crippen LogP contribution < -0.4 is 10.6 Å². The zero-order valence-electron chi connectivity index (χ0n) is 19.5. The van der Waals surface area contributed by atoms with E-state index in [0.717, 1.165) is 35.3 Å². The SMILES string of the molecule is CN(C)C(=O)c1cccc(-c2cncc(-c3nc4c(F)cccc4[nH]3)c2N2CCC(C)(N)C2)c1. The van der Waals surface area contributed by atoms with E-state index in [4.69, 9.17) is 5.73 Å². The van der Waals surface area contributed by atoms with Gasteiger partial charge in [-0.2, -0.15) is 0 Å². The molecule has 174 valence electrons. The summed E-state index contributed by atoms with van der Waals surface area (Å²) in [6.07, 6.45) is 4.38. The van der Waals surface area contributed by atoms with E-state index in [9.17, 15) is 9.18 Å². The van der Waals surface area contributed by atoms with Crippen LogP contribution in [0.15, 0.2) is 54.9 Å². The number of carbonyl (C=O) groups is 1. The maximum Gasteiger partial charge on any atom is 0.253 e. The van der Waals surface area contributed by atoms with Crippen molar-refractivity contribution in [1.82, 2.24) is 19.9 Å². The number of aromatic nitrogens is 3. The number of rotatable bonds is 4. The number of imidazole rings is 1. The molecule has 0 aliphatic carbocycles. The highest BCUT2D eigenvalue weighted by molar-refractivity contribution is 5.97. The third kappa shape index (κ3) is 3.90. The number of nitrogens with one attached hydrogen (secondary N) is 1. The van der Waals surface area contributed by atoms with Crippen LogP contribution in [0.1, 0.15) is 23.7 Å². The molecule has 0 saturated carbocycles. The Labute approximate surface area is 197 Å². The number of nitrogens with two attached hydrogens (primary N) is 1. The molecule has 5 rings (SSSR count). The van der Waals surface area contributed by atoms with E-state index in [2.05, 4.69) is 19.9 Å². The van der Waals surface area contributed by atoms with Crippen LogP contribution in [-0.2, 0) is 0 Å². The summed E-state index contributed by atoms with van der Waals surface area (Å²) < 4.78 is 14.4. The minimum atomic E-state index is -0.378. The first kappa shape index (κ1) is 22.0. The van der Waals surface area contributed by atoms with Gasteiger partial charge in [0.25, 0.3) is 5.91 Å². The molecule has 2 aromatic heterocycles. The Balaban J connectivity index is 1.71. The topological polar surface area (TPSA) is 91.1 Å². The van der Waals surface area contributed by atoms with E-state index in [0.29, 0.717) is 23.4 Å². The number of halogens is 1. The molecule has 0 bridgehead atoms. The Morgan fingerprint density at radius 1 is 1.18 bits per heavy atom. The number of hydrogen-bond donors (Lipinski definition) is 2. The summed E-state index contributed by atoms with van der Waals surface area (Å²) in [5, 5.41) is 0. The Morgan fingerprint density at radius 3 is 2.65 bits per heavy atom. The second-order valence-corrected chi connectivity index (χ2v) is 9.41. The van der Waals surface area contributed by atoms with Crippen molar-refractivity contribution < 1.29 is 9.18 Å². The number of anilines is 1. The molecule has 34 heavy (non-hydrogen) atoms. The number of H-pyrrole nitrogens is 1. The largest absolute Gasteiger partial charge is 0.368 e. The average Bonchev–Trinajstić information content (AvgIpc) is 3.42. The number of amides is 1. The number of benzene rings is 2. The second kappa shape index (κ2) is 8.22. The van der Waals surface area contributed by atoms with E-state index in [-0.39, 0.29) is 22.8 Å². The summed E-state index contributed by atoms with van der Waals surface area (Å²) in [5.41, 5.74) is 11.1. The minimum absolute atomic E-state index is 0.0732. The summed E-state index contributed by atoms with van der Waals surface area (Å²) >= 11 is 0. The Kier molecular flexibility index (Phi) is 5.32. The zero-order chi connectivity index (χ0) is 24.0. The van der Waals surface area contributed by atoms with E-state index in [1.165, 1.54) is 6.07 Å². The maximum atomic E-state index is 14.4. The highest BCUT2D eigenvalue weighted by Crippen LogP contribution is 2.41. The fourth-order valence-electron chi connectivity index (χ4n) is 4.56. The van der Waals surface area contributed by atoms with Crippen LogP contribution in [0.2, 0.25) is 0 Å². The van der Waals surface area contributed by atoms with Gasteiger partial charge >= 0.3 is 0 Å². The number of hydrogen-bond acceptors (Lipinski definition) is 5. The van der Waals surface area contributed by atoms with Crippen molar-refractivity contribution in [3.8, 4) is 22.5 Å². The molecule has 4 aromatic rings. The lowest BCUT2D eigenvalue weighted by Crippen LogP contribution is -2.39. The van der Waals surface area contributed by atoms with Crippen molar-refractivity contribution in [2.75, 3.05) is 32.1 Å². The predicted octanol–water partition coefficient (Wildman–Crippen LogP) is 4.06.